The average Bonchev–Trinajstić information content (AvgIpc) is 3.31. The summed E-state index contributed by atoms with van der Waals surface area (Å²) < 4.78 is 11.8. The van der Waals surface area contributed by atoms with Gasteiger partial charge >= 0.3 is 0 Å². The van der Waals surface area contributed by atoms with E-state index in [-0.39, 0.29) is 12.1 Å². The van der Waals surface area contributed by atoms with Gasteiger partial charge in [-0.3, -0.25) is 4.90 Å². The monoisotopic (exact) mass is 430 g/mol. The lowest BCUT2D eigenvalue weighted by Crippen LogP contribution is -2.59. The van der Waals surface area contributed by atoms with Crippen LogP contribution in [0, 0.1) is 0 Å². The van der Waals surface area contributed by atoms with Crippen LogP contribution in [0.25, 0.3) is 0 Å². The average molecular weight is 431 g/mol. The Balaban J connectivity index is 1.77. The second-order valence-corrected chi connectivity index (χ2v) is 8.73. The van der Waals surface area contributed by atoms with E-state index in [0.29, 0.717) is 16.5 Å². The number of hydrogen-bond donors (Lipinski definition) is 0. The maximum atomic E-state index is 6.16. The first-order valence-corrected chi connectivity index (χ1v) is 10.6. The third-order valence-electron chi connectivity index (χ3n) is 6.06. The number of hydrogen-bond acceptors (Lipinski definition) is 4. The third-order valence-corrected chi connectivity index (χ3v) is 7.23. The Morgan fingerprint density at radius 2 is 1.89 bits per heavy atom. The van der Waals surface area contributed by atoms with Gasteiger partial charge < -0.3 is 14.4 Å². The van der Waals surface area contributed by atoms with Crippen LogP contribution in [0.3, 0.4) is 0 Å². The van der Waals surface area contributed by atoms with Crippen LogP contribution in [0.5, 0.6) is 0 Å². The molecule has 27 heavy (non-hydrogen) atoms. The fourth-order valence-electron chi connectivity index (χ4n) is 4.56. The number of ether oxygens (including phenoxy) is 2. The molecule has 0 amide bonds. The van der Waals surface area contributed by atoms with E-state index >= 15 is 0 Å². The standard InChI is InChI=1S/C20H28Cl2N2O2S/c1-23(18(27)13-14-6-7-15(21)16(22)12-14)17-8-9-20(25-2,26-3)19(17)24-10-4-5-11-24/h6-7,12,17,19H,4-5,8-11,13H2,1-3H3. The Labute approximate surface area is 177 Å². The van der Waals surface area contributed by atoms with Crippen LogP contribution in [0.2, 0.25) is 10.0 Å². The highest BCUT2D eigenvalue weighted by Crippen LogP contribution is 2.41. The zero-order valence-electron chi connectivity index (χ0n) is 16.2. The van der Waals surface area contributed by atoms with E-state index in [2.05, 4.69) is 16.8 Å². The van der Waals surface area contributed by atoms with Crippen molar-refractivity contribution in [3.63, 3.8) is 0 Å². The van der Waals surface area contributed by atoms with Crippen molar-refractivity contribution in [3.05, 3.63) is 33.8 Å². The molecule has 7 heteroatoms. The molecular formula is C20H28Cl2N2O2S. The quantitative estimate of drug-likeness (QED) is 0.491. The van der Waals surface area contributed by atoms with Crippen LogP contribution in [-0.2, 0) is 15.9 Å². The molecule has 2 fully saturated rings. The normalized spacial score (nSPS) is 25.1. The van der Waals surface area contributed by atoms with Gasteiger partial charge in [0.15, 0.2) is 5.79 Å². The molecular weight excluding hydrogens is 403 g/mol. The van der Waals surface area contributed by atoms with Crippen molar-refractivity contribution >= 4 is 40.4 Å². The topological polar surface area (TPSA) is 24.9 Å². The first-order valence-electron chi connectivity index (χ1n) is 9.46. The van der Waals surface area contributed by atoms with Gasteiger partial charge in [-0.1, -0.05) is 41.5 Å². The second kappa shape index (κ2) is 8.93. The second-order valence-electron chi connectivity index (χ2n) is 7.44. The van der Waals surface area contributed by atoms with Crippen LogP contribution in [0.4, 0.5) is 0 Å². The number of thiocarbonyl (C=S) groups is 1. The number of benzene rings is 1. The summed E-state index contributed by atoms with van der Waals surface area (Å²) in [5.41, 5.74) is 1.07. The lowest BCUT2D eigenvalue weighted by atomic mass is 10.0. The van der Waals surface area contributed by atoms with Crippen molar-refractivity contribution < 1.29 is 9.47 Å². The maximum Gasteiger partial charge on any atom is 0.185 e. The van der Waals surface area contributed by atoms with Gasteiger partial charge in [0.25, 0.3) is 0 Å². The highest BCUT2D eigenvalue weighted by atomic mass is 35.5. The SMILES string of the molecule is COC1(OC)CCC(N(C)C(=S)Cc2ccc(Cl)c(Cl)c2)C1N1CCCC1. The van der Waals surface area contributed by atoms with Gasteiger partial charge in [-0.05, 0) is 50.0 Å². The first-order chi connectivity index (χ1) is 12.9. The van der Waals surface area contributed by atoms with Crippen LogP contribution in [-0.4, -0.2) is 67.0 Å². The van der Waals surface area contributed by atoms with E-state index in [1.54, 1.807) is 14.2 Å². The number of likely N-dealkylation sites (N-methyl/N-ethyl adjacent to an activating group) is 1. The van der Waals surface area contributed by atoms with Crippen LogP contribution < -0.4 is 0 Å². The van der Waals surface area contributed by atoms with E-state index < -0.39 is 5.79 Å². The molecule has 1 aliphatic heterocycles. The molecule has 1 aromatic carbocycles. The van der Waals surface area contributed by atoms with Crippen LogP contribution in [0.1, 0.15) is 31.2 Å². The molecule has 0 N–H and O–H groups in total. The van der Waals surface area contributed by atoms with Gasteiger partial charge in [0.1, 0.15) is 0 Å². The summed E-state index contributed by atoms with van der Waals surface area (Å²) in [6.45, 7) is 2.17. The van der Waals surface area contributed by atoms with Gasteiger partial charge in [0.05, 0.1) is 27.1 Å². The van der Waals surface area contributed by atoms with E-state index in [0.717, 1.165) is 36.5 Å². The van der Waals surface area contributed by atoms with Gasteiger partial charge in [0, 0.05) is 34.1 Å². The number of nitrogens with zero attached hydrogens (tertiary/aromatic N) is 2. The lowest BCUT2D eigenvalue weighted by molar-refractivity contribution is -0.233. The number of rotatable bonds is 6. The molecule has 2 atom stereocenters. The van der Waals surface area contributed by atoms with Crippen molar-refractivity contribution in [2.45, 2.75) is 50.0 Å². The largest absolute Gasteiger partial charge is 0.364 e. The molecule has 0 aromatic heterocycles. The van der Waals surface area contributed by atoms with Crippen molar-refractivity contribution in [1.29, 1.82) is 0 Å². The van der Waals surface area contributed by atoms with Gasteiger partial charge in [-0.2, -0.15) is 0 Å². The Kier molecular flexibility index (Phi) is 7.04. The zero-order chi connectivity index (χ0) is 19.6. The summed E-state index contributed by atoms with van der Waals surface area (Å²) in [6, 6.07) is 6.14. The van der Waals surface area contributed by atoms with Crippen LogP contribution >= 0.6 is 35.4 Å². The summed E-state index contributed by atoms with van der Waals surface area (Å²) in [4.78, 5) is 5.65. The van der Waals surface area contributed by atoms with Crippen molar-refractivity contribution in [1.82, 2.24) is 9.80 Å². The maximum absolute atomic E-state index is 6.16. The minimum Gasteiger partial charge on any atom is -0.364 e. The molecule has 1 heterocycles. The summed E-state index contributed by atoms with van der Waals surface area (Å²) in [5, 5.41) is 1.13. The van der Waals surface area contributed by atoms with Crippen LogP contribution in [0.15, 0.2) is 18.2 Å². The predicted octanol–water partition coefficient (Wildman–Crippen LogP) is 4.41. The summed E-state index contributed by atoms with van der Waals surface area (Å²) in [7, 11) is 5.60. The molecule has 0 radical (unpaired) electrons. The van der Waals surface area contributed by atoms with E-state index in [1.165, 1.54) is 12.8 Å². The molecule has 1 aliphatic carbocycles. The summed E-state index contributed by atoms with van der Waals surface area (Å²) >= 11 is 18.0. The third kappa shape index (κ3) is 4.29. The fraction of sp³-hybridized carbons (Fsp3) is 0.650. The van der Waals surface area contributed by atoms with Gasteiger partial charge in [0.2, 0.25) is 0 Å². The zero-order valence-corrected chi connectivity index (χ0v) is 18.5. The minimum atomic E-state index is -0.567. The van der Waals surface area contributed by atoms with Crippen molar-refractivity contribution in [2.24, 2.45) is 0 Å². The molecule has 1 saturated heterocycles. The van der Waals surface area contributed by atoms with Gasteiger partial charge in [-0.25, -0.2) is 0 Å². The molecule has 1 saturated carbocycles. The Morgan fingerprint density at radius 1 is 1.22 bits per heavy atom. The molecule has 2 unspecified atom stereocenters. The fourth-order valence-corrected chi connectivity index (χ4v) is 5.18. The molecule has 4 nitrogen and oxygen atoms in total. The van der Waals surface area contributed by atoms with Crippen molar-refractivity contribution in [2.75, 3.05) is 34.4 Å². The molecule has 0 spiro atoms. The molecule has 2 aliphatic rings. The molecule has 0 bridgehead atoms. The molecule has 1 aromatic rings. The number of likely N-dealkylation sites (tertiary alicyclic amines) is 1. The molecule has 3 rings (SSSR count). The lowest BCUT2D eigenvalue weighted by Gasteiger charge is -2.43. The minimum absolute atomic E-state index is 0.173. The molecule has 150 valence electrons. The van der Waals surface area contributed by atoms with Crippen molar-refractivity contribution in [3.8, 4) is 0 Å². The Bertz CT molecular complexity index is 678. The first kappa shape index (κ1) is 21.3. The predicted molar refractivity (Wildman–Crippen MR) is 115 cm³/mol. The number of methoxy groups -OCH3 is 2. The summed E-state index contributed by atoms with van der Waals surface area (Å²) in [5.74, 6) is -0.567. The highest BCUT2D eigenvalue weighted by Gasteiger charge is 2.54. The highest BCUT2D eigenvalue weighted by molar-refractivity contribution is 7.80. The number of halogens is 2. The van der Waals surface area contributed by atoms with Gasteiger partial charge in [-0.15, -0.1) is 0 Å². The van der Waals surface area contributed by atoms with E-state index in [9.17, 15) is 0 Å². The van der Waals surface area contributed by atoms with E-state index in [1.807, 2.05) is 18.2 Å². The Morgan fingerprint density at radius 3 is 2.48 bits per heavy atom. The Hall–Kier alpha value is -0.430. The van der Waals surface area contributed by atoms with E-state index in [4.69, 9.17) is 44.9 Å². The smallest absolute Gasteiger partial charge is 0.185 e. The summed E-state index contributed by atoms with van der Waals surface area (Å²) in [6.07, 6.45) is 4.97.